The fraction of sp³-hybridized carbons (Fsp3) is 0.0476. The van der Waals surface area contributed by atoms with Crippen molar-refractivity contribution in [2.45, 2.75) is 6.92 Å². The van der Waals surface area contributed by atoms with Gasteiger partial charge in [0.25, 0.3) is 0 Å². The van der Waals surface area contributed by atoms with E-state index in [1.807, 2.05) is 73.7 Å². The van der Waals surface area contributed by atoms with E-state index in [1.165, 1.54) is 4.70 Å². The number of nitrogens with zero attached hydrogens (tertiary/aromatic N) is 1. The monoisotopic (exact) mass is 359 g/mol. The number of hydrogen-bond acceptors (Lipinski definition) is 3. The third kappa shape index (κ3) is 3.58. The minimum Gasteiger partial charge on any atom is -0.308 e. The van der Waals surface area contributed by atoms with Gasteiger partial charge in [-0.05, 0) is 61.0 Å². The van der Waals surface area contributed by atoms with Crippen molar-refractivity contribution in [1.82, 2.24) is 4.98 Å². The summed E-state index contributed by atoms with van der Waals surface area (Å²) in [4.78, 5) is 16.8. The van der Waals surface area contributed by atoms with Crippen molar-refractivity contribution in [3.05, 3.63) is 78.4 Å². The van der Waals surface area contributed by atoms with Crippen LogP contribution in [0.4, 0.5) is 16.2 Å². The number of aromatic nitrogens is 1. The molecule has 3 aromatic carbocycles. The number of hydrogen-bond donors (Lipinski definition) is 2. The smallest absolute Gasteiger partial charge is 0.308 e. The molecule has 2 N–H and O–H groups in total. The van der Waals surface area contributed by atoms with Gasteiger partial charge in [0.1, 0.15) is 5.01 Å². The van der Waals surface area contributed by atoms with Crippen LogP contribution in [0.2, 0.25) is 0 Å². The van der Waals surface area contributed by atoms with E-state index in [1.54, 1.807) is 11.3 Å². The van der Waals surface area contributed by atoms with E-state index in [9.17, 15) is 4.79 Å². The number of amides is 2. The molecule has 1 heterocycles. The van der Waals surface area contributed by atoms with Crippen LogP contribution in [0.3, 0.4) is 0 Å². The Labute approximate surface area is 155 Å². The van der Waals surface area contributed by atoms with E-state index < -0.39 is 0 Å². The standard InChI is InChI=1S/C21H17N3OS/c1-14-5-4-6-17(13-14)23-21(25)22-16-11-9-15(10-12-16)20-24-18-7-2-3-8-19(18)26-20/h2-13H,1H3,(H2,22,23,25). The first-order valence-electron chi connectivity index (χ1n) is 8.28. The molecule has 128 valence electrons. The maximum atomic E-state index is 12.1. The van der Waals surface area contributed by atoms with Crippen LogP contribution in [-0.4, -0.2) is 11.0 Å². The lowest BCUT2D eigenvalue weighted by Gasteiger charge is -2.08. The summed E-state index contributed by atoms with van der Waals surface area (Å²) in [6.07, 6.45) is 0. The van der Waals surface area contributed by atoms with Crippen LogP contribution in [0.5, 0.6) is 0 Å². The molecule has 0 radical (unpaired) electrons. The molecule has 0 saturated carbocycles. The number of aryl methyl sites for hydroxylation is 1. The van der Waals surface area contributed by atoms with Crippen molar-refractivity contribution < 1.29 is 4.79 Å². The van der Waals surface area contributed by atoms with Gasteiger partial charge in [0.2, 0.25) is 0 Å². The third-order valence-electron chi connectivity index (χ3n) is 3.96. The maximum Gasteiger partial charge on any atom is 0.323 e. The fourth-order valence-electron chi connectivity index (χ4n) is 2.71. The second-order valence-electron chi connectivity index (χ2n) is 6.01. The van der Waals surface area contributed by atoms with Crippen LogP contribution in [-0.2, 0) is 0 Å². The molecule has 0 aliphatic carbocycles. The second kappa shape index (κ2) is 6.98. The summed E-state index contributed by atoms with van der Waals surface area (Å²) in [6.45, 7) is 1.99. The molecule has 5 heteroatoms. The van der Waals surface area contributed by atoms with Gasteiger partial charge in [-0.25, -0.2) is 9.78 Å². The van der Waals surface area contributed by atoms with E-state index in [0.29, 0.717) is 0 Å². The highest BCUT2D eigenvalue weighted by Crippen LogP contribution is 2.30. The molecule has 0 unspecified atom stereocenters. The van der Waals surface area contributed by atoms with E-state index in [2.05, 4.69) is 21.7 Å². The number of benzene rings is 3. The lowest BCUT2D eigenvalue weighted by Crippen LogP contribution is -2.19. The first-order chi connectivity index (χ1) is 12.7. The Kier molecular flexibility index (Phi) is 4.37. The normalized spacial score (nSPS) is 10.7. The second-order valence-corrected chi connectivity index (χ2v) is 7.04. The van der Waals surface area contributed by atoms with Gasteiger partial charge in [-0.15, -0.1) is 11.3 Å². The zero-order valence-corrected chi connectivity index (χ0v) is 15.0. The number of nitrogens with one attached hydrogen (secondary N) is 2. The predicted molar refractivity (Wildman–Crippen MR) is 109 cm³/mol. The largest absolute Gasteiger partial charge is 0.323 e. The molecule has 0 saturated heterocycles. The Bertz CT molecular complexity index is 1040. The van der Waals surface area contributed by atoms with Gasteiger partial charge in [-0.1, -0.05) is 24.3 Å². The minimum absolute atomic E-state index is 0.261. The van der Waals surface area contributed by atoms with Crippen LogP contribution in [0.15, 0.2) is 72.8 Å². The van der Waals surface area contributed by atoms with Gasteiger partial charge < -0.3 is 10.6 Å². The van der Waals surface area contributed by atoms with Gasteiger partial charge in [0.15, 0.2) is 0 Å². The molecule has 0 atom stereocenters. The first-order valence-corrected chi connectivity index (χ1v) is 9.10. The Balaban J connectivity index is 1.46. The lowest BCUT2D eigenvalue weighted by molar-refractivity contribution is 0.262. The van der Waals surface area contributed by atoms with Gasteiger partial charge in [0, 0.05) is 16.9 Å². The highest BCUT2D eigenvalue weighted by atomic mass is 32.1. The summed E-state index contributed by atoms with van der Waals surface area (Å²) >= 11 is 1.66. The molecular formula is C21H17N3OS. The molecule has 0 bridgehead atoms. The van der Waals surface area contributed by atoms with E-state index >= 15 is 0 Å². The summed E-state index contributed by atoms with van der Waals surface area (Å²) in [6, 6.07) is 23.2. The summed E-state index contributed by atoms with van der Waals surface area (Å²) < 4.78 is 1.17. The molecule has 2 amide bonds. The number of carbonyl (C=O) groups is 1. The number of rotatable bonds is 3. The average Bonchev–Trinajstić information content (AvgIpc) is 3.06. The minimum atomic E-state index is -0.261. The van der Waals surface area contributed by atoms with Crippen LogP contribution in [0, 0.1) is 6.92 Å². The lowest BCUT2D eigenvalue weighted by atomic mass is 10.2. The molecule has 4 rings (SSSR count). The van der Waals surface area contributed by atoms with Gasteiger partial charge >= 0.3 is 6.03 Å². The van der Waals surface area contributed by atoms with E-state index in [4.69, 9.17) is 0 Å². The molecule has 4 aromatic rings. The summed E-state index contributed by atoms with van der Waals surface area (Å²) in [5.74, 6) is 0. The SMILES string of the molecule is Cc1cccc(NC(=O)Nc2ccc(-c3nc4ccccc4s3)cc2)c1. The highest BCUT2D eigenvalue weighted by molar-refractivity contribution is 7.21. The number of thiazole rings is 1. The van der Waals surface area contributed by atoms with Crippen molar-refractivity contribution in [3.8, 4) is 10.6 Å². The Morgan fingerprint density at radius 1 is 0.885 bits per heavy atom. The predicted octanol–water partition coefficient (Wildman–Crippen LogP) is 5.92. The van der Waals surface area contributed by atoms with Crippen LogP contribution >= 0.6 is 11.3 Å². The number of carbonyl (C=O) groups excluding carboxylic acids is 1. The Hall–Kier alpha value is -3.18. The molecule has 4 nitrogen and oxygen atoms in total. The van der Waals surface area contributed by atoms with E-state index in [0.717, 1.165) is 33.0 Å². The molecule has 0 aliphatic heterocycles. The Morgan fingerprint density at radius 2 is 1.65 bits per heavy atom. The van der Waals surface area contributed by atoms with Gasteiger partial charge in [0.05, 0.1) is 10.2 Å². The van der Waals surface area contributed by atoms with Gasteiger partial charge in [-0.2, -0.15) is 0 Å². The summed E-state index contributed by atoms with van der Waals surface area (Å²) in [5, 5.41) is 6.66. The average molecular weight is 359 g/mol. The number of para-hydroxylation sites is 1. The molecule has 0 aliphatic rings. The zero-order chi connectivity index (χ0) is 17.9. The zero-order valence-electron chi connectivity index (χ0n) is 14.2. The van der Waals surface area contributed by atoms with Crippen LogP contribution in [0.1, 0.15) is 5.56 Å². The van der Waals surface area contributed by atoms with Crippen LogP contribution in [0.25, 0.3) is 20.8 Å². The molecule has 0 spiro atoms. The van der Waals surface area contributed by atoms with Crippen molar-refractivity contribution in [2.75, 3.05) is 10.6 Å². The molecule has 1 aromatic heterocycles. The van der Waals surface area contributed by atoms with E-state index in [-0.39, 0.29) is 6.03 Å². The van der Waals surface area contributed by atoms with Crippen molar-refractivity contribution in [3.63, 3.8) is 0 Å². The summed E-state index contributed by atoms with van der Waals surface area (Å²) in [7, 11) is 0. The molecule has 0 fully saturated rings. The topological polar surface area (TPSA) is 54.0 Å². The molecular weight excluding hydrogens is 342 g/mol. The van der Waals surface area contributed by atoms with Crippen LogP contribution < -0.4 is 10.6 Å². The maximum absolute atomic E-state index is 12.1. The third-order valence-corrected chi connectivity index (χ3v) is 5.05. The van der Waals surface area contributed by atoms with Gasteiger partial charge in [-0.3, -0.25) is 0 Å². The quantitative estimate of drug-likeness (QED) is 0.477. The number of anilines is 2. The fourth-order valence-corrected chi connectivity index (χ4v) is 3.68. The first kappa shape index (κ1) is 16.3. The van der Waals surface area contributed by atoms with Crippen molar-refractivity contribution in [1.29, 1.82) is 0 Å². The summed E-state index contributed by atoms with van der Waals surface area (Å²) in [5.41, 5.74) is 4.65. The highest BCUT2D eigenvalue weighted by Gasteiger charge is 2.07. The van der Waals surface area contributed by atoms with Crippen molar-refractivity contribution >= 4 is 39.0 Å². The Morgan fingerprint density at radius 3 is 2.42 bits per heavy atom. The van der Waals surface area contributed by atoms with Crippen molar-refractivity contribution in [2.24, 2.45) is 0 Å². The number of fused-ring (bicyclic) bond motifs is 1. The molecule has 26 heavy (non-hydrogen) atoms. The number of urea groups is 1.